The molecule has 0 saturated carbocycles. The van der Waals surface area contributed by atoms with E-state index in [2.05, 4.69) is 24.0 Å². The maximum Gasteiger partial charge on any atom is 0.266 e. The molecule has 1 aliphatic heterocycles. The number of carbonyl (C=O) groups excluding carboxylic acids is 1. The minimum absolute atomic E-state index is 0.0625. The molecule has 1 aromatic heterocycles. The number of benzene rings is 1. The van der Waals surface area contributed by atoms with Crippen LogP contribution in [0.1, 0.15) is 45.4 Å². The first-order valence-corrected chi connectivity index (χ1v) is 7.99. The SMILES string of the molecule is Cc1ccccc1C1CCCN1C(=O)c1sc(N)nc1C. The average Bonchev–Trinajstić information content (AvgIpc) is 3.05. The number of likely N-dealkylation sites (tertiary alicyclic amines) is 1. The summed E-state index contributed by atoms with van der Waals surface area (Å²) < 4.78 is 0. The zero-order valence-corrected chi connectivity index (χ0v) is 13.1. The van der Waals surface area contributed by atoms with Gasteiger partial charge in [-0.1, -0.05) is 35.6 Å². The van der Waals surface area contributed by atoms with E-state index >= 15 is 0 Å². The van der Waals surface area contributed by atoms with E-state index in [1.165, 1.54) is 22.5 Å². The number of anilines is 1. The van der Waals surface area contributed by atoms with Crippen molar-refractivity contribution in [1.29, 1.82) is 0 Å². The van der Waals surface area contributed by atoms with Crippen LogP contribution >= 0.6 is 11.3 Å². The second-order valence-electron chi connectivity index (χ2n) is 5.48. The maximum absolute atomic E-state index is 12.8. The molecule has 1 aromatic carbocycles. The zero-order valence-electron chi connectivity index (χ0n) is 12.3. The van der Waals surface area contributed by atoms with E-state index < -0.39 is 0 Å². The molecular weight excluding hydrogens is 282 g/mol. The number of nitrogens with zero attached hydrogens (tertiary/aromatic N) is 2. The number of carbonyl (C=O) groups is 1. The monoisotopic (exact) mass is 301 g/mol. The summed E-state index contributed by atoms with van der Waals surface area (Å²) in [5.74, 6) is 0.0625. The molecule has 2 N–H and O–H groups in total. The van der Waals surface area contributed by atoms with Gasteiger partial charge in [-0.3, -0.25) is 4.79 Å². The fourth-order valence-corrected chi connectivity index (χ4v) is 3.83. The Balaban J connectivity index is 1.93. The van der Waals surface area contributed by atoms with Crippen LogP contribution in [0.15, 0.2) is 24.3 Å². The number of hydrogen-bond donors (Lipinski definition) is 1. The summed E-state index contributed by atoms with van der Waals surface area (Å²) in [7, 11) is 0. The molecule has 3 rings (SSSR count). The van der Waals surface area contributed by atoms with Gasteiger partial charge in [-0.25, -0.2) is 4.98 Å². The Kier molecular flexibility index (Phi) is 3.68. The Hall–Kier alpha value is -1.88. The third kappa shape index (κ3) is 2.53. The van der Waals surface area contributed by atoms with E-state index in [-0.39, 0.29) is 11.9 Å². The number of nitrogens with two attached hydrogens (primary N) is 1. The van der Waals surface area contributed by atoms with Crippen LogP contribution in [-0.2, 0) is 0 Å². The Morgan fingerprint density at radius 3 is 2.81 bits per heavy atom. The summed E-state index contributed by atoms with van der Waals surface area (Å²) in [4.78, 5) is 19.6. The second-order valence-corrected chi connectivity index (χ2v) is 6.51. The lowest BCUT2D eigenvalue weighted by Gasteiger charge is -2.26. The molecule has 1 fully saturated rings. The van der Waals surface area contributed by atoms with Crippen molar-refractivity contribution in [1.82, 2.24) is 9.88 Å². The lowest BCUT2D eigenvalue weighted by molar-refractivity contribution is 0.0739. The summed E-state index contributed by atoms with van der Waals surface area (Å²) in [5, 5.41) is 0.461. The first-order chi connectivity index (χ1) is 10.1. The normalized spacial score (nSPS) is 18.2. The highest BCUT2D eigenvalue weighted by atomic mass is 32.1. The highest BCUT2D eigenvalue weighted by Gasteiger charge is 2.32. The molecule has 1 atom stereocenters. The zero-order chi connectivity index (χ0) is 15.0. The molecule has 2 aromatic rings. The van der Waals surface area contributed by atoms with Crippen LogP contribution in [-0.4, -0.2) is 22.3 Å². The molecule has 1 amide bonds. The van der Waals surface area contributed by atoms with E-state index in [0.29, 0.717) is 10.0 Å². The summed E-state index contributed by atoms with van der Waals surface area (Å²) in [5.41, 5.74) is 8.94. The fraction of sp³-hybridized carbons (Fsp3) is 0.375. The maximum atomic E-state index is 12.8. The summed E-state index contributed by atoms with van der Waals surface area (Å²) in [6.45, 7) is 4.75. The van der Waals surface area contributed by atoms with Crippen molar-refractivity contribution in [3.05, 3.63) is 46.0 Å². The average molecular weight is 301 g/mol. The van der Waals surface area contributed by atoms with Crippen molar-refractivity contribution in [2.45, 2.75) is 32.7 Å². The predicted octanol–water partition coefficient (Wildman–Crippen LogP) is 3.32. The van der Waals surface area contributed by atoms with Crippen LogP contribution in [0, 0.1) is 13.8 Å². The Labute approximate surface area is 128 Å². The van der Waals surface area contributed by atoms with Gasteiger partial charge in [-0.2, -0.15) is 0 Å². The minimum atomic E-state index is 0.0625. The molecule has 4 nitrogen and oxygen atoms in total. The summed E-state index contributed by atoms with van der Waals surface area (Å²) >= 11 is 1.29. The van der Waals surface area contributed by atoms with Gasteiger partial charge in [-0.05, 0) is 37.8 Å². The van der Waals surface area contributed by atoms with Gasteiger partial charge in [0, 0.05) is 6.54 Å². The van der Waals surface area contributed by atoms with E-state index in [1.807, 2.05) is 24.0 Å². The highest BCUT2D eigenvalue weighted by Crippen LogP contribution is 2.36. The number of thiazole rings is 1. The quantitative estimate of drug-likeness (QED) is 0.925. The number of aryl methyl sites for hydroxylation is 2. The van der Waals surface area contributed by atoms with Crippen molar-refractivity contribution in [3.63, 3.8) is 0 Å². The minimum Gasteiger partial charge on any atom is -0.375 e. The van der Waals surface area contributed by atoms with E-state index in [1.54, 1.807) is 0 Å². The highest BCUT2D eigenvalue weighted by molar-refractivity contribution is 7.17. The molecule has 0 bridgehead atoms. The lowest BCUT2D eigenvalue weighted by atomic mass is 9.99. The topological polar surface area (TPSA) is 59.2 Å². The van der Waals surface area contributed by atoms with Crippen LogP contribution in [0.3, 0.4) is 0 Å². The number of nitrogen functional groups attached to an aromatic ring is 1. The first-order valence-electron chi connectivity index (χ1n) is 7.17. The van der Waals surface area contributed by atoms with Crippen LogP contribution in [0.5, 0.6) is 0 Å². The van der Waals surface area contributed by atoms with Crippen molar-refractivity contribution >= 4 is 22.4 Å². The van der Waals surface area contributed by atoms with Crippen LogP contribution in [0.25, 0.3) is 0 Å². The molecule has 0 aliphatic carbocycles. The molecule has 110 valence electrons. The third-order valence-corrected chi connectivity index (χ3v) is 5.04. The van der Waals surface area contributed by atoms with Crippen molar-refractivity contribution in [2.24, 2.45) is 0 Å². The van der Waals surface area contributed by atoms with Crippen molar-refractivity contribution in [2.75, 3.05) is 12.3 Å². The number of rotatable bonds is 2. The van der Waals surface area contributed by atoms with Gasteiger partial charge in [0.05, 0.1) is 11.7 Å². The predicted molar refractivity (Wildman–Crippen MR) is 85.5 cm³/mol. The molecule has 5 heteroatoms. The van der Waals surface area contributed by atoms with Crippen molar-refractivity contribution in [3.8, 4) is 0 Å². The van der Waals surface area contributed by atoms with Gasteiger partial charge in [0.2, 0.25) is 0 Å². The molecule has 1 unspecified atom stereocenters. The first kappa shape index (κ1) is 14.1. The molecular formula is C16H19N3OS. The summed E-state index contributed by atoms with van der Waals surface area (Å²) in [6.07, 6.45) is 2.06. The Bertz CT molecular complexity index is 680. The van der Waals surface area contributed by atoms with Crippen LogP contribution < -0.4 is 5.73 Å². The van der Waals surface area contributed by atoms with Gasteiger partial charge in [0.25, 0.3) is 5.91 Å². The van der Waals surface area contributed by atoms with Gasteiger partial charge >= 0.3 is 0 Å². The smallest absolute Gasteiger partial charge is 0.266 e. The van der Waals surface area contributed by atoms with Crippen LogP contribution in [0.4, 0.5) is 5.13 Å². The van der Waals surface area contributed by atoms with Gasteiger partial charge in [0.1, 0.15) is 4.88 Å². The third-order valence-electron chi connectivity index (χ3n) is 4.07. The molecule has 0 radical (unpaired) electrons. The van der Waals surface area contributed by atoms with Crippen molar-refractivity contribution < 1.29 is 4.79 Å². The van der Waals surface area contributed by atoms with E-state index in [9.17, 15) is 4.79 Å². The summed E-state index contributed by atoms with van der Waals surface area (Å²) in [6, 6.07) is 8.47. The lowest BCUT2D eigenvalue weighted by Crippen LogP contribution is -2.30. The standard InChI is InChI=1S/C16H19N3OS/c1-10-6-3-4-7-12(10)13-8-5-9-19(13)15(20)14-11(2)18-16(17)21-14/h3-4,6-7,13H,5,8-9H2,1-2H3,(H2,17,18). The molecule has 1 aliphatic rings. The number of aromatic nitrogens is 1. The van der Waals surface area contributed by atoms with Gasteiger partial charge in [-0.15, -0.1) is 0 Å². The largest absolute Gasteiger partial charge is 0.375 e. The molecule has 2 heterocycles. The Morgan fingerprint density at radius 1 is 1.38 bits per heavy atom. The fourth-order valence-electron chi connectivity index (χ4n) is 3.04. The van der Waals surface area contributed by atoms with E-state index in [0.717, 1.165) is 25.1 Å². The van der Waals surface area contributed by atoms with Gasteiger partial charge in [0.15, 0.2) is 5.13 Å². The molecule has 0 spiro atoms. The Morgan fingerprint density at radius 2 is 2.14 bits per heavy atom. The molecule has 1 saturated heterocycles. The molecule has 21 heavy (non-hydrogen) atoms. The second kappa shape index (κ2) is 5.48. The number of amides is 1. The number of hydrogen-bond acceptors (Lipinski definition) is 4. The van der Waals surface area contributed by atoms with Crippen LogP contribution in [0.2, 0.25) is 0 Å². The van der Waals surface area contributed by atoms with E-state index in [4.69, 9.17) is 5.73 Å². The van der Waals surface area contributed by atoms with Gasteiger partial charge < -0.3 is 10.6 Å².